The van der Waals surface area contributed by atoms with Crippen molar-refractivity contribution >= 4 is 22.9 Å². The predicted octanol–water partition coefficient (Wildman–Crippen LogP) is 0.887. The number of aromatic nitrogens is 2. The molecule has 7 nitrogen and oxygen atoms in total. The Labute approximate surface area is 127 Å². The fourth-order valence-electron chi connectivity index (χ4n) is 3.44. The Morgan fingerprint density at radius 1 is 1.23 bits per heavy atom. The van der Waals surface area contributed by atoms with Gasteiger partial charge in [0.15, 0.2) is 11.5 Å². The molecule has 0 aromatic carbocycles. The first-order valence-electron chi connectivity index (χ1n) is 7.47. The first kappa shape index (κ1) is 13.1. The van der Waals surface area contributed by atoms with E-state index in [0.29, 0.717) is 23.8 Å². The number of aliphatic imine (C=N–C) groups is 1. The highest BCUT2D eigenvalue weighted by molar-refractivity contribution is 6.23. The van der Waals surface area contributed by atoms with Crippen LogP contribution < -0.4 is 11.3 Å². The Balaban J connectivity index is 1.86. The number of rotatable bonds is 1. The number of anilines is 1. The maximum absolute atomic E-state index is 12.5. The van der Waals surface area contributed by atoms with Crippen LogP contribution in [-0.2, 0) is 13.1 Å². The number of nitrogen functional groups attached to an aromatic ring is 1. The number of allylic oxidation sites excluding steroid dienone is 2. The quantitative estimate of drug-likeness (QED) is 0.754. The first-order valence-corrected chi connectivity index (χ1v) is 7.47. The molecule has 0 amide bonds. The van der Waals surface area contributed by atoms with Gasteiger partial charge < -0.3 is 16.0 Å². The maximum atomic E-state index is 12.5. The van der Waals surface area contributed by atoms with Gasteiger partial charge >= 0.3 is 0 Å². The van der Waals surface area contributed by atoms with E-state index in [2.05, 4.69) is 9.89 Å². The zero-order chi connectivity index (χ0) is 15.4. The average molecular weight is 298 g/mol. The van der Waals surface area contributed by atoms with E-state index in [9.17, 15) is 4.79 Å². The summed E-state index contributed by atoms with van der Waals surface area (Å²) in [5.74, 6) is 0.437. The molecule has 0 spiro atoms. The van der Waals surface area contributed by atoms with Crippen molar-refractivity contribution in [3.05, 3.63) is 33.8 Å². The van der Waals surface area contributed by atoms with Gasteiger partial charge in [0, 0.05) is 32.3 Å². The van der Waals surface area contributed by atoms with Crippen molar-refractivity contribution in [1.82, 2.24) is 14.3 Å². The van der Waals surface area contributed by atoms with Gasteiger partial charge in [0.1, 0.15) is 0 Å². The molecule has 0 bridgehead atoms. The Kier molecular flexibility index (Phi) is 2.66. The molecule has 7 heteroatoms. The molecule has 0 atom stereocenters. The predicted molar refractivity (Wildman–Crippen MR) is 86.0 cm³/mol. The van der Waals surface area contributed by atoms with Gasteiger partial charge in [0.25, 0.3) is 5.56 Å². The summed E-state index contributed by atoms with van der Waals surface area (Å²) in [5.41, 5.74) is 9.50. The largest absolute Gasteiger partial charge is 0.382 e. The second-order valence-corrected chi connectivity index (χ2v) is 5.88. The van der Waals surface area contributed by atoms with E-state index < -0.39 is 0 Å². The van der Waals surface area contributed by atoms with Crippen LogP contribution in [0.2, 0.25) is 0 Å². The molecule has 114 valence electrons. The van der Waals surface area contributed by atoms with Crippen LogP contribution in [0.5, 0.6) is 0 Å². The van der Waals surface area contributed by atoms with Crippen LogP contribution in [0.4, 0.5) is 11.5 Å². The third-order valence-electron chi connectivity index (χ3n) is 4.56. The molecule has 1 aliphatic carbocycles. The number of nitrogens with one attached hydrogen (secondary N) is 1. The summed E-state index contributed by atoms with van der Waals surface area (Å²) in [4.78, 5) is 19.1. The van der Waals surface area contributed by atoms with Crippen molar-refractivity contribution in [3.8, 4) is 0 Å². The zero-order valence-electron chi connectivity index (χ0n) is 12.5. The Morgan fingerprint density at radius 3 is 2.77 bits per heavy atom. The van der Waals surface area contributed by atoms with Crippen molar-refractivity contribution in [3.63, 3.8) is 0 Å². The molecule has 22 heavy (non-hydrogen) atoms. The molecule has 1 aromatic rings. The summed E-state index contributed by atoms with van der Waals surface area (Å²) < 4.78 is 3.47. The van der Waals surface area contributed by atoms with Gasteiger partial charge in [-0.05, 0) is 25.0 Å². The second-order valence-electron chi connectivity index (χ2n) is 5.88. The van der Waals surface area contributed by atoms with Gasteiger partial charge in [-0.25, -0.2) is 9.67 Å². The molecule has 3 heterocycles. The van der Waals surface area contributed by atoms with Crippen LogP contribution >= 0.6 is 0 Å². The topological polar surface area (TPSA) is 92.4 Å². The van der Waals surface area contributed by atoms with E-state index in [4.69, 9.17) is 11.1 Å². The van der Waals surface area contributed by atoms with E-state index in [-0.39, 0.29) is 5.56 Å². The zero-order valence-corrected chi connectivity index (χ0v) is 12.5. The molecular formula is C15H18N6O. The molecule has 0 saturated carbocycles. The minimum absolute atomic E-state index is 0.126. The Hall–Kier alpha value is -2.57. The van der Waals surface area contributed by atoms with Crippen LogP contribution in [0.3, 0.4) is 0 Å². The summed E-state index contributed by atoms with van der Waals surface area (Å²) >= 11 is 0. The molecular weight excluding hydrogens is 280 g/mol. The van der Waals surface area contributed by atoms with Gasteiger partial charge in [-0.1, -0.05) is 0 Å². The van der Waals surface area contributed by atoms with Gasteiger partial charge in [-0.15, -0.1) is 0 Å². The number of nitrogens with two attached hydrogens (primary N) is 1. The smallest absolute Gasteiger partial charge is 0.294 e. The highest BCUT2D eigenvalue weighted by atomic mass is 16.1. The first-order chi connectivity index (χ1) is 10.6. The lowest BCUT2D eigenvalue weighted by atomic mass is 9.99. The molecule has 0 unspecified atom stereocenters. The number of nitrogens with zero attached hydrogens (tertiary/aromatic N) is 4. The van der Waals surface area contributed by atoms with E-state index in [1.807, 2.05) is 11.7 Å². The summed E-state index contributed by atoms with van der Waals surface area (Å²) in [6.45, 7) is 2.33. The summed E-state index contributed by atoms with van der Waals surface area (Å²) in [7, 11) is 1.99. The molecule has 1 aromatic heterocycles. The van der Waals surface area contributed by atoms with Crippen LogP contribution in [0.25, 0.3) is 0 Å². The fraction of sp³-hybridized carbons (Fsp3) is 0.400. The standard InChI is InChI=1S/C15H18N6O/c1-19-8-5-9-10(16)3-4-11(13(9)19)18-12-14(17)20-6-2-7-21(20)15(12)22/h3-4,16H,2,5-8,17H2,1H3/b16-10?,18-11+. The van der Waals surface area contributed by atoms with Crippen molar-refractivity contribution < 1.29 is 0 Å². The van der Waals surface area contributed by atoms with Gasteiger partial charge in [-0.3, -0.25) is 9.48 Å². The van der Waals surface area contributed by atoms with Crippen molar-refractivity contribution in [2.75, 3.05) is 19.3 Å². The van der Waals surface area contributed by atoms with E-state index >= 15 is 0 Å². The Bertz CT molecular complexity index is 835. The second kappa shape index (κ2) is 4.46. The summed E-state index contributed by atoms with van der Waals surface area (Å²) in [5, 5.41) is 8.02. The minimum atomic E-state index is -0.126. The van der Waals surface area contributed by atoms with E-state index in [1.165, 1.54) is 0 Å². The lowest BCUT2D eigenvalue weighted by molar-refractivity contribution is 0.479. The fourth-order valence-corrected chi connectivity index (χ4v) is 3.44. The molecule has 4 rings (SSSR count). The monoisotopic (exact) mass is 298 g/mol. The van der Waals surface area contributed by atoms with Crippen LogP contribution in [0, 0.1) is 5.41 Å². The van der Waals surface area contributed by atoms with Gasteiger partial charge in [-0.2, -0.15) is 0 Å². The maximum Gasteiger partial charge on any atom is 0.294 e. The minimum Gasteiger partial charge on any atom is -0.382 e. The molecule has 0 radical (unpaired) electrons. The average Bonchev–Trinajstić information content (AvgIpc) is 3.17. The molecule has 0 saturated heterocycles. The summed E-state index contributed by atoms with van der Waals surface area (Å²) in [6, 6.07) is 0. The van der Waals surface area contributed by atoms with Gasteiger partial charge in [0.05, 0.1) is 17.1 Å². The molecule has 3 N–H and O–H groups in total. The highest BCUT2D eigenvalue weighted by Gasteiger charge is 2.28. The van der Waals surface area contributed by atoms with Gasteiger partial charge in [0.2, 0.25) is 0 Å². The number of hydrogen-bond donors (Lipinski definition) is 2. The molecule has 3 aliphatic rings. The third-order valence-corrected chi connectivity index (χ3v) is 4.56. The number of hydrogen-bond acceptors (Lipinski definition) is 5. The summed E-state index contributed by atoms with van der Waals surface area (Å²) in [6.07, 6.45) is 5.32. The SMILES string of the molecule is CN1CCC2=C1/C(=N/c1c(N)n3n(c1=O)CCC3)C=CC2=N. The van der Waals surface area contributed by atoms with Crippen LogP contribution in [0.15, 0.2) is 33.2 Å². The molecule has 0 fully saturated rings. The van der Waals surface area contributed by atoms with Crippen LogP contribution in [0.1, 0.15) is 12.8 Å². The normalized spacial score (nSPS) is 22.0. The van der Waals surface area contributed by atoms with Crippen molar-refractivity contribution in [2.24, 2.45) is 4.99 Å². The lowest BCUT2D eigenvalue weighted by Gasteiger charge is -2.19. The lowest BCUT2D eigenvalue weighted by Crippen LogP contribution is -2.22. The number of fused-ring (bicyclic) bond motifs is 1. The third kappa shape index (κ3) is 1.65. The van der Waals surface area contributed by atoms with Crippen LogP contribution in [-0.4, -0.2) is 39.3 Å². The molecule has 2 aliphatic heterocycles. The van der Waals surface area contributed by atoms with E-state index in [0.717, 1.165) is 42.9 Å². The Morgan fingerprint density at radius 2 is 2.00 bits per heavy atom. The van der Waals surface area contributed by atoms with Crippen molar-refractivity contribution in [2.45, 2.75) is 25.9 Å². The highest BCUT2D eigenvalue weighted by Crippen LogP contribution is 2.30. The van der Waals surface area contributed by atoms with Crippen molar-refractivity contribution in [1.29, 1.82) is 5.41 Å². The van der Waals surface area contributed by atoms with E-state index in [1.54, 1.807) is 16.8 Å².